The van der Waals surface area contributed by atoms with Crippen LogP contribution >= 0.6 is 11.3 Å². The summed E-state index contributed by atoms with van der Waals surface area (Å²) in [5.41, 5.74) is 0.474. The highest BCUT2D eigenvalue weighted by Crippen LogP contribution is 2.43. The third-order valence-electron chi connectivity index (χ3n) is 2.71. The van der Waals surface area contributed by atoms with Gasteiger partial charge in [0, 0.05) is 10.8 Å². The predicted molar refractivity (Wildman–Crippen MR) is 70.7 cm³/mol. The molecule has 0 fully saturated rings. The summed E-state index contributed by atoms with van der Waals surface area (Å²) in [6.45, 7) is 2.23. The van der Waals surface area contributed by atoms with Crippen molar-refractivity contribution < 1.29 is 14.3 Å². The molecule has 3 rings (SSSR count). The first-order valence-corrected chi connectivity index (χ1v) is 6.34. The van der Waals surface area contributed by atoms with Crippen LogP contribution in [0.5, 0.6) is 11.5 Å². The van der Waals surface area contributed by atoms with Crippen LogP contribution in [-0.2, 0) is 0 Å². The second-order valence-corrected chi connectivity index (χ2v) is 4.71. The van der Waals surface area contributed by atoms with Crippen LogP contribution in [0.4, 0.5) is 0 Å². The Morgan fingerprint density at radius 1 is 1.33 bits per heavy atom. The highest BCUT2D eigenvalue weighted by atomic mass is 32.1. The van der Waals surface area contributed by atoms with E-state index in [1.807, 2.05) is 25.1 Å². The van der Waals surface area contributed by atoms with Gasteiger partial charge in [-0.3, -0.25) is 0 Å². The number of aromatic hydroxyl groups is 1. The summed E-state index contributed by atoms with van der Waals surface area (Å²) >= 11 is 0.940. The minimum Gasteiger partial charge on any atom is -0.504 e. The number of phenolic OH excluding ortho intramolecular Hbond substituents is 1. The maximum atomic E-state index is 11.4. The summed E-state index contributed by atoms with van der Waals surface area (Å²) < 4.78 is 11.2. The zero-order valence-corrected chi connectivity index (χ0v) is 10.4. The number of ether oxygens (including phenoxy) is 1. The Morgan fingerprint density at radius 3 is 2.78 bits per heavy atom. The largest absolute Gasteiger partial charge is 0.504 e. The SMILES string of the molecule is CCOc1c(O)c2ccccc2c2oc(=O)sc12. The van der Waals surface area contributed by atoms with Gasteiger partial charge in [-0.1, -0.05) is 24.3 Å². The van der Waals surface area contributed by atoms with E-state index in [4.69, 9.17) is 9.15 Å². The van der Waals surface area contributed by atoms with Crippen molar-refractivity contribution in [1.82, 2.24) is 0 Å². The molecule has 1 heterocycles. The second-order valence-electron chi connectivity index (χ2n) is 3.77. The van der Waals surface area contributed by atoms with E-state index in [1.54, 1.807) is 6.07 Å². The molecule has 0 spiro atoms. The molecule has 0 saturated heterocycles. The average molecular weight is 262 g/mol. The molecule has 18 heavy (non-hydrogen) atoms. The number of hydrogen-bond donors (Lipinski definition) is 1. The summed E-state index contributed by atoms with van der Waals surface area (Å²) in [6, 6.07) is 7.22. The lowest BCUT2D eigenvalue weighted by Gasteiger charge is -2.09. The smallest absolute Gasteiger partial charge is 0.396 e. The lowest BCUT2D eigenvalue weighted by atomic mass is 10.1. The molecule has 0 amide bonds. The van der Waals surface area contributed by atoms with Crippen molar-refractivity contribution in [1.29, 1.82) is 0 Å². The van der Waals surface area contributed by atoms with Crippen molar-refractivity contribution in [3.05, 3.63) is 34.0 Å². The Labute approximate surface area is 106 Å². The molecule has 1 aromatic heterocycles. The van der Waals surface area contributed by atoms with Crippen molar-refractivity contribution >= 4 is 32.4 Å². The van der Waals surface area contributed by atoms with Gasteiger partial charge in [0.1, 0.15) is 4.70 Å². The van der Waals surface area contributed by atoms with Gasteiger partial charge in [-0.2, -0.15) is 0 Å². The van der Waals surface area contributed by atoms with Crippen LogP contribution in [-0.4, -0.2) is 11.7 Å². The molecule has 0 aliphatic carbocycles. The van der Waals surface area contributed by atoms with E-state index in [2.05, 4.69) is 0 Å². The van der Waals surface area contributed by atoms with Crippen LogP contribution < -0.4 is 9.68 Å². The number of phenols is 1. The quantitative estimate of drug-likeness (QED) is 0.770. The number of rotatable bonds is 2. The fourth-order valence-corrected chi connectivity index (χ4v) is 2.79. The number of benzene rings is 2. The van der Waals surface area contributed by atoms with Crippen molar-refractivity contribution in [2.75, 3.05) is 6.61 Å². The molecule has 0 radical (unpaired) electrons. The Hall–Kier alpha value is -2.01. The molecule has 0 saturated carbocycles. The van der Waals surface area contributed by atoms with Gasteiger partial charge in [-0.05, 0) is 18.3 Å². The van der Waals surface area contributed by atoms with Crippen molar-refractivity contribution in [2.24, 2.45) is 0 Å². The first-order valence-electron chi connectivity index (χ1n) is 5.52. The molecular weight excluding hydrogens is 252 g/mol. The summed E-state index contributed by atoms with van der Waals surface area (Å²) in [4.78, 5) is 11.0. The van der Waals surface area contributed by atoms with E-state index in [0.717, 1.165) is 11.3 Å². The van der Waals surface area contributed by atoms with Gasteiger partial charge >= 0.3 is 4.94 Å². The second kappa shape index (κ2) is 4.03. The van der Waals surface area contributed by atoms with Crippen LogP contribution in [0.1, 0.15) is 6.92 Å². The Balaban J connectivity index is 2.56. The first kappa shape index (κ1) is 11.1. The normalized spacial score (nSPS) is 11.2. The minimum absolute atomic E-state index is 0.0528. The fraction of sp³-hybridized carbons (Fsp3) is 0.154. The van der Waals surface area contributed by atoms with Crippen molar-refractivity contribution in [2.45, 2.75) is 6.92 Å². The van der Waals surface area contributed by atoms with Crippen molar-refractivity contribution in [3.63, 3.8) is 0 Å². The van der Waals surface area contributed by atoms with E-state index in [9.17, 15) is 9.90 Å². The number of fused-ring (bicyclic) bond motifs is 3. The van der Waals surface area contributed by atoms with Gasteiger partial charge in [0.25, 0.3) is 0 Å². The van der Waals surface area contributed by atoms with E-state index in [-0.39, 0.29) is 5.75 Å². The molecule has 0 aliphatic rings. The van der Waals surface area contributed by atoms with E-state index in [1.165, 1.54) is 0 Å². The molecule has 4 nitrogen and oxygen atoms in total. The van der Waals surface area contributed by atoms with Gasteiger partial charge in [0.05, 0.1) is 6.61 Å². The molecule has 92 valence electrons. The standard InChI is InChI=1S/C13H10O4S/c1-2-16-11-9(14)7-5-3-4-6-8(7)10-12(11)18-13(15)17-10/h3-6,14H,2H2,1H3. The summed E-state index contributed by atoms with van der Waals surface area (Å²) in [5.74, 6) is 0.374. The Kier molecular flexibility index (Phi) is 2.48. The maximum absolute atomic E-state index is 11.4. The molecule has 0 aliphatic heterocycles. The van der Waals surface area contributed by atoms with Crippen LogP contribution in [0.3, 0.4) is 0 Å². The molecule has 1 N–H and O–H groups in total. The lowest BCUT2D eigenvalue weighted by molar-refractivity contribution is 0.324. The molecule has 2 aromatic carbocycles. The molecule has 3 aromatic rings. The fourth-order valence-electron chi connectivity index (χ4n) is 2.00. The van der Waals surface area contributed by atoms with Gasteiger partial charge in [-0.15, -0.1) is 0 Å². The summed E-state index contributed by atoms with van der Waals surface area (Å²) in [5, 5.41) is 11.6. The first-order chi connectivity index (χ1) is 8.72. The summed E-state index contributed by atoms with van der Waals surface area (Å²) in [7, 11) is 0. The third kappa shape index (κ3) is 1.48. The van der Waals surface area contributed by atoms with Gasteiger partial charge in [0.15, 0.2) is 17.1 Å². The van der Waals surface area contributed by atoms with E-state index in [0.29, 0.717) is 33.4 Å². The average Bonchev–Trinajstić information content (AvgIpc) is 2.76. The monoisotopic (exact) mass is 262 g/mol. The van der Waals surface area contributed by atoms with Gasteiger partial charge in [0.2, 0.25) is 0 Å². The van der Waals surface area contributed by atoms with Gasteiger partial charge in [-0.25, -0.2) is 4.79 Å². The van der Waals surface area contributed by atoms with E-state index < -0.39 is 4.94 Å². The molecule has 5 heteroatoms. The predicted octanol–water partition coefficient (Wildman–Crippen LogP) is 3.11. The van der Waals surface area contributed by atoms with Crippen molar-refractivity contribution in [3.8, 4) is 11.5 Å². The number of hydrogen-bond acceptors (Lipinski definition) is 5. The van der Waals surface area contributed by atoms with Crippen LogP contribution in [0.15, 0.2) is 33.5 Å². The minimum atomic E-state index is -0.401. The molecule has 0 unspecified atom stereocenters. The molecule has 0 bridgehead atoms. The zero-order chi connectivity index (χ0) is 12.7. The topological polar surface area (TPSA) is 59.7 Å². The van der Waals surface area contributed by atoms with Crippen LogP contribution in [0, 0.1) is 0 Å². The summed E-state index contributed by atoms with van der Waals surface area (Å²) in [6.07, 6.45) is 0. The zero-order valence-electron chi connectivity index (χ0n) is 9.60. The Morgan fingerprint density at radius 2 is 2.06 bits per heavy atom. The van der Waals surface area contributed by atoms with Gasteiger partial charge < -0.3 is 14.3 Å². The van der Waals surface area contributed by atoms with E-state index >= 15 is 0 Å². The molecular formula is C13H10O4S. The lowest BCUT2D eigenvalue weighted by Crippen LogP contribution is -1.92. The highest BCUT2D eigenvalue weighted by molar-refractivity contribution is 7.16. The third-order valence-corrected chi connectivity index (χ3v) is 3.54. The highest BCUT2D eigenvalue weighted by Gasteiger charge is 2.18. The van der Waals surface area contributed by atoms with Crippen LogP contribution in [0.2, 0.25) is 0 Å². The Bertz CT molecular complexity index is 785. The molecule has 0 atom stereocenters. The maximum Gasteiger partial charge on any atom is 0.396 e. The van der Waals surface area contributed by atoms with Crippen LogP contribution in [0.25, 0.3) is 21.1 Å².